The minimum absolute atomic E-state index is 0.170. The quantitative estimate of drug-likeness (QED) is 0.747. The van der Waals surface area contributed by atoms with Gasteiger partial charge in [0.25, 0.3) is 0 Å². The lowest BCUT2D eigenvalue weighted by Gasteiger charge is -2.17. The Morgan fingerprint density at radius 1 is 1.31 bits per heavy atom. The molecule has 1 aliphatic rings. The van der Waals surface area contributed by atoms with Crippen LogP contribution in [0.25, 0.3) is 0 Å². The molecule has 0 aliphatic heterocycles. The number of benzene rings is 1. The number of carbonyl (C=O) groups excluding carboxylic acids is 1. The molecular weight excluding hydrogens is 202 g/mol. The Balaban J connectivity index is 2.26. The third kappa shape index (κ3) is 2.15. The second-order valence-corrected chi connectivity index (χ2v) is 4.34. The summed E-state index contributed by atoms with van der Waals surface area (Å²) in [6, 6.07) is 4.99. The van der Waals surface area contributed by atoms with Crippen LogP contribution in [0.15, 0.2) is 18.2 Å². The van der Waals surface area contributed by atoms with Gasteiger partial charge in [-0.1, -0.05) is 12.1 Å². The van der Waals surface area contributed by atoms with Gasteiger partial charge >= 0.3 is 0 Å². The summed E-state index contributed by atoms with van der Waals surface area (Å²) in [6.07, 6.45) is 4.58. The molecule has 2 rings (SSSR count). The van der Waals surface area contributed by atoms with Gasteiger partial charge in [-0.05, 0) is 42.9 Å². The molecule has 0 bridgehead atoms. The Morgan fingerprint density at radius 3 is 2.69 bits per heavy atom. The van der Waals surface area contributed by atoms with Crippen LogP contribution in [0, 0.1) is 0 Å². The Morgan fingerprint density at radius 2 is 2.00 bits per heavy atom. The van der Waals surface area contributed by atoms with Crippen LogP contribution in [0.3, 0.4) is 0 Å². The van der Waals surface area contributed by atoms with E-state index in [0.29, 0.717) is 5.56 Å². The summed E-state index contributed by atoms with van der Waals surface area (Å²) in [5.74, 6) is -0.170. The average Bonchev–Trinajstić information content (AvgIpc) is 2.36. The number of aryl methyl sites for hydroxylation is 2. The number of carbonyl (C=O) groups is 1. The number of fused-ring (bicyclic) bond motifs is 1. The molecule has 3 heteroatoms. The fourth-order valence-electron chi connectivity index (χ4n) is 2.18. The van der Waals surface area contributed by atoms with Crippen LogP contribution in [0.2, 0.25) is 0 Å². The summed E-state index contributed by atoms with van der Waals surface area (Å²) in [6.45, 7) is -0.296. The molecule has 0 fully saturated rings. The molecule has 0 saturated heterocycles. The highest BCUT2D eigenvalue weighted by molar-refractivity contribution is 6.00. The minimum atomic E-state index is -0.790. The molecular formula is C13H17NO2. The zero-order valence-electron chi connectivity index (χ0n) is 9.28. The van der Waals surface area contributed by atoms with E-state index in [1.807, 2.05) is 18.2 Å². The summed E-state index contributed by atoms with van der Waals surface area (Å²) < 4.78 is 0. The van der Waals surface area contributed by atoms with Crippen molar-refractivity contribution in [1.29, 1.82) is 0 Å². The lowest BCUT2D eigenvalue weighted by molar-refractivity contribution is 0.0925. The minimum Gasteiger partial charge on any atom is -0.394 e. The summed E-state index contributed by atoms with van der Waals surface area (Å²) in [7, 11) is 0. The third-order valence-electron chi connectivity index (χ3n) is 3.17. The molecule has 16 heavy (non-hydrogen) atoms. The van der Waals surface area contributed by atoms with Crippen molar-refractivity contribution in [2.75, 3.05) is 6.61 Å². The maximum Gasteiger partial charge on any atom is 0.181 e. The molecule has 0 radical (unpaired) electrons. The molecule has 1 aromatic carbocycles. The maximum absolute atomic E-state index is 11.8. The number of Topliss-reactive ketones (excluding diaryl/α,β-unsaturated/α-hetero) is 1. The van der Waals surface area contributed by atoms with Gasteiger partial charge in [-0.3, -0.25) is 4.79 Å². The molecule has 3 nitrogen and oxygen atoms in total. The molecule has 1 atom stereocenters. The highest BCUT2D eigenvalue weighted by atomic mass is 16.3. The number of nitrogens with two attached hydrogens (primary N) is 1. The van der Waals surface area contributed by atoms with E-state index in [1.54, 1.807) is 0 Å². The van der Waals surface area contributed by atoms with Crippen molar-refractivity contribution in [3.8, 4) is 0 Å². The van der Waals surface area contributed by atoms with Crippen molar-refractivity contribution in [1.82, 2.24) is 0 Å². The predicted molar refractivity (Wildman–Crippen MR) is 62.5 cm³/mol. The smallest absolute Gasteiger partial charge is 0.181 e. The number of aliphatic hydroxyl groups excluding tert-OH is 1. The standard InChI is InChI=1S/C13H17NO2/c14-12(8-15)13(16)11-6-5-9-3-1-2-4-10(9)7-11/h5-7,12,15H,1-4,8,14H2. The summed E-state index contributed by atoms with van der Waals surface area (Å²) >= 11 is 0. The highest BCUT2D eigenvalue weighted by Crippen LogP contribution is 2.22. The van der Waals surface area contributed by atoms with Crippen LogP contribution in [-0.2, 0) is 12.8 Å². The van der Waals surface area contributed by atoms with Gasteiger partial charge < -0.3 is 10.8 Å². The van der Waals surface area contributed by atoms with Crippen LogP contribution < -0.4 is 5.73 Å². The molecule has 3 N–H and O–H groups in total. The van der Waals surface area contributed by atoms with E-state index in [-0.39, 0.29) is 12.4 Å². The SMILES string of the molecule is NC(CO)C(=O)c1ccc2c(c1)CCCC2. The van der Waals surface area contributed by atoms with Crippen molar-refractivity contribution in [3.05, 3.63) is 34.9 Å². The van der Waals surface area contributed by atoms with E-state index in [1.165, 1.54) is 24.0 Å². The fraction of sp³-hybridized carbons (Fsp3) is 0.462. The monoisotopic (exact) mass is 219 g/mol. The van der Waals surface area contributed by atoms with Gasteiger partial charge in [0.05, 0.1) is 12.6 Å². The normalized spacial score (nSPS) is 16.6. The van der Waals surface area contributed by atoms with Gasteiger partial charge in [-0.15, -0.1) is 0 Å². The van der Waals surface area contributed by atoms with Crippen molar-refractivity contribution in [2.45, 2.75) is 31.7 Å². The molecule has 0 spiro atoms. The van der Waals surface area contributed by atoms with Crippen molar-refractivity contribution >= 4 is 5.78 Å². The number of hydrogen-bond donors (Lipinski definition) is 2. The number of aliphatic hydroxyl groups is 1. The first-order valence-corrected chi connectivity index (χ1v) is 5.75. The van der Waals surface area contributed by atoms with Crippen LogP contribution in [-0.4, -0.2) is 23.5 Å². The first-order chi connectivity index (χ1) is 7.72. The van der Waals surface area contributed by atoms with Gasteiger partial charge in [0.2, 0.25) is 0 Å². The van der Waals surface area contributed by atoms with Gasteiger partial charge in [-0.25, -0.2) is 0 Å². The highest BCUT2D eigenvalue weighted by Gasteiger charge is 2.17. The van der Waals surface area contributed by atoms with Crippen LogP contribution >= 0.6 is 0 Å². The van der Waals surface area contributed by atoms with Gasteiger partial charge in [0.15, 0.2) is 5.78 Å². The molecule has 1 unspecified atom stereocenters. The zero-order valence-corrected chi connectivity index (χ0v) is 9.28. The summed E-state index contributed by atoms with van der Waals surface area (Å²) in [5.41, 5.74) is 8.77. The molecule has 1 aromatic rings. The molecule has 0 heterocycles. The van der Waals surface area contributed by atoms with Crippen LogP contribution in [0.4, 0.5) is 0 Å². The largest absolute Gasteiger partial charge is 0.394 e. The molecule has 86 valence electrons. The number of hydrogen-bond acceptors (Lipinski definition) is 3. The maximum atomic E-state index is 11.8. The first-order valence-electron chi connectivity index (χ1n) is 5.75. The molecule has 0 aromatic heterocycles. The van der Waals surface area contributed by atoms with Crippen molar-refractivity contribution in [2.24, 2.45) is 5.73 Å². The second-order valence-electron chi connectivity index (χ2n) is 4.34. The average molecular weight is 219 g/mol. The fourth-order valence-corrected chi connectivity index (χ4v) is 2.18. The van der Waals surface area contributed by atoms with Crippen molar-refractivity contribution < 1.29 is 9.90 Å². The Labute approximate surface area is 95.3 Å². The lowest BCUT2D eigenvalue weighted by atomic mass is 9.89. The van der Waals surface area contributed by atoms with Gasteiger partial charge in [0.1, 0.15) is 0 Å². The van der Waals surface area contributed by atoms with E-state index in [9.17, 15) is 4.79 Å². The Kier molecular flexibility index (Phi) is 3.36. The van der Waals surface area contributed by atoms with E-state index in [2.05, 4.69) is 0 Å². The molecule has 0 amide bonds. The molecule has 0 saturated carbocycles. The van der Waals surface area contributed by atoms with E-state index in [0.717, 1.165) is 12.8 Å². The zero-order chi connectivity index (χ0) is 11.5. The van der Waals surface area contributed by atoms with Crippen molar-refractivity contribution in [3.63, 3.8) is 0 Å². The van der Waals surface area contributed by atoms with E-state index >= 15 is 0 Å². The van der Waals surface area contributed by atoms with Gasteiger partial charge in [-0.2, -0.15) is 0 Å². The van der Waals surface area contributed by atoms with Crippen LogP contribution in [0.5, 0.6) is 0 Å². The van der Waals surface area contributed by atoms with Gasteiger partial charge in [0, 0.05) is 5.56 Å². The lowest BCUT2D eigenvalue weighted by Crippen LogP contribution is -2.34. The van der Waals surface area contributed by atoms with Crippen LogP contribution in [0.1, 0.15) is 34.3 Å². The predicted octanol–water partition coefficient (Wildman–Crippen LogP) is 1.07. The summed E-state index contributed by atoms with van der Waals surface area (Å²) in [5, 5.41) is 8.86. The third-order valence-corrected chi connectivity index (χ3v) is 3.17. The number of rotatable bonds is 3. The summed E-state index contributed by atoms with van der Waals surface area (Å²) in [4.78, 5) is 11.8. The topological polar surface area (TPSA) is 63.3 Å². The first kappa shape index (κ1) is 11.3. The number of ketones is 1. The second kappa shape index (κ2) is 4.76. The van der Waals surface area contributed by atoms with E-state index < -0.39 is 6.04 Å². The Hall–Kier alpha value is -1.19. The molecule has 1 aliphatic carbocycles. The Bertz CT molecular complexity index is 401. The van der Waals surface area contributed by atoms with E-state index in [4.69, 9.17) is 10.8 Å².